The minimum Gasteiger partial charge on any atom is -0.492 e. The molecule has 0 radical (unpaired) electrons. The third kappa shape index (κ3) is 3.72. The lowest BCUT2D eigenvalue weighted by Gasteiger charge is -2.24. The maximum atomic E-state index is 12.8. The van der Waals surface area contributed by atoms with E-state index >= 15 is 0 Å². The molecule has 1 aliphatic rings. The molecule has 6 nitrogen and oxygen atoms in total. The number of hydrogen-bond donors (Lipinski definition) is 1. The predicted molar refractivity (Wildman–Crippen MR) is 109 cm³/mol. The highest BCUT2D eigenvalue weighted by atomic mass is 35.5. The summed E-state index contributed by atoms with van der Waals surface area (Å²) in [5, 5.41) is 16.5. The van der Waals surface area contributed by atoms with Gasteiger partial charge in [-0.3, -0.25) is 14.9 Å². The molecule has 1 unspecified atom stereocenters. The SMILES string of the molecule is O=C1c2cc(Cl)ccc2OCC1Cc1sccc1Nc1ccc([N+](=O)[O-])cc1. The van der Waals surface area contributed by atoms with Gasteiger partial charge >= 0.3 is 0 Å². The molecule has 142 valence electrons. The topological polar surface area (TPSA) is 81.5 Å². The van der Waals surface area contributed by atoms with Crippen LogP contribution in [0.1, 0.15) is 15.2 Å². The van der Waals surface area contributed by atoms with Crippen molar-refractivity contribution in [3.8, 4) is 5.75 Å². The number of Topliss-reactive ketones (excluding diaryl/α,β-unsaturated/α-hetero) is 1. The molecule has 4 rings (SSSR count). The molecule has 0 fully saturated rings. The van der Waals surface area contributed by atoms with Crippen LogP contribution < -0.4 is 10.1 Å². The van der Waals surface area contributed by atoms with Gasteiger partial charge in [-0.05, 0) is 48.2 Å². The van der Waals surface area contributed by atoms with Gasteiger partial charge < -0.3 is 10.1 Å². The number of halogens is 1. The van der Waals surface area contributed by atoms with Crippen LogP contribution in [-0.4, -0.2) is 17.3 Å². The van der Waals surface area contributed by atoms with E-state index in [1.54, 1.807) is 41.7 Å². The molecule has 1 atom stereocenters. The zero-order valence-electron chi connectivity index (χ0n) is 14.6. The molecule has 8 heteroatoms. The van der Waals surface area contributed by atoms with E-state index < -0.39 is 4.92 Å². The number of carbonyl (C=O) groups excluding carboxylic acids is 1. The third-order valence-electron chi connectivity index (χ3n) is 4.55. The van der Waals surface area contributed by atoms with Gasteiger partial charge in [0.25, 0.3) is 5.69 Å². The van der Waals surface area contributed by atoms with Crippen molar-refractivity contribution in [1.29, 1.82) is 0 Å². The summed E-state index contributed by atoms with van der Waals surface area (Å²) in [5.74, 6) is 0.307. The zero-order valence-corrected chi connectivity index (χ0v) is 16.1. The summed E-state index contributed by atoms with van der Waals surface area (Å²) < 4.78 is 5.74. The van der Waals surface area contributed by atoms with Crippen LogP contribution in [0.4, 0.5) is 17.1 Å². The molecule has 0 spiro atoms. The normalized spacial score (nSPS) is 15.6. The molecule has 2 heterocycles. The van der Waals surface area contributed by atoms with E-state index in [4.69, 9.17) is 16.3 Å². The number of nitrogens with zero attached hydrogens (tertiary/aromatic N) is 1. The van der Waals surface area contributed by atoms with E-state index in [1.165, 1.54) is 12.1 Å². The van der Waals surface area contributed by atoms with Crippen LogP contribution in [0.5, 0.6) is 5.75 Å². The Hall–Kier alpha value is -2.90. The Morgan fingerprint density at radius 2 is 2.00 bits per heavy atom. The second kappa shape index (κ2) is 7.61. The molecule has 1 N–H and O–H groups in total. The van der Waals surface area contributed by atoms with E-state index in [0.717, 1.165) is 16.3 Å². The fourth-order valence-electron chi connectivity index (χ4n) is 3.11. The number of thiophene rings is 1. The molecule has 0 aliphatic carbocycles. The van der Waals surface area contributed by atoms with E-state index in [-0.39, 0.29) is 17.4 Å². The summed E-state index contributed by atoms with van der Waals surface area (Å²) >= 11 is 7.57. The molecular weight excluding hydrogens is 400 g/mol. The molecule has 0 amide bonds. The number of fused-ring (bicyclic) bond motifs is 1. The van der Waals surface area contributed by atoms with Crippen LogP contribution in [0.25, 0.3) is 0 Å². The van der Waals surface area contributed by atoms with Gasteiger partial charge in [-0.2, -0.15) is 0 Å². The van der Waals surface area contributed by atoms with E-state index in [2.05, 4.69) is 5.32 Å². The molecular formula is C20H15ClN2O4S. The Kier molecular flexibility index (Phi) is 5.02. The highest BCUT2D eigenvalue weighted by molar-refractivity contribution is 7.10. The van der Waals surface area contributed by atoms with Crippen LogP contribution in [0.2, 0.25) is 5.02 Å². The van der Waals surface area contributed by atoms with Crippen molar-refractivity contribution in [2.75, 3.05) is 11.9 Å². The second-order valence-electron chi connectivity index (χ2n) is 6.40. The lowest BCUT2D eigenvalue weighted by molar-refractivity contribution is -0.384. The Balaban J connectivity index is 1.50. The standard InChI is InChI=1S/C20H15ClN2O4S/c21-13-1-6-18-16(10-13)20(24)12(11-27-18)9-19-17(7-8-28-19)22-14-2-4-15(5-3-14)23(25)26/h1-8,10,12,22H,9,11H2. The number of anilines is 2. The average Bonchev–Trinajstić information content (AvgIpc) is 3.11. The molecule has 0 saturated heterocycles. The van der Waals surface area contributed by atoms with Crippen molar-refractivity contribution in [3.05, 3.63) is 79.5 Å². The van der Waals surface area contributed by atoms with Crippen LogP contribution in [0.15, 0.2) is 53.9 Å². The third-order valence-corrected chi connectivity index (χ3v) is 5.73. The predicted octanol–water partition coefficient (Wildman–Crippen LogP) is 5.49. The van der Waals surface area contributed by atoms with Crippen LogP contribution in [-0.2, 0) is 6.42 Å². The zero-order chi connectivity index (χ0) is 19.7. The minimum absolute atomic E-state index is 0.0263. The van der Waals surface area contributed by atoms with Crippen molar-refractivity contribution >= 4 is 45.8 Å². The first kappa shape index (κ1) is 18.5. The summed E-state index contributed by atoms with van der Waals surface area (Å²) in [6.45, 7) is 0.322. The summed E-state index contributed by atoms with van der Waals surface area (Å²) in [4.78, 5) is 24.2. The maximum absolute atomic E-state index is 12.8. The van der Waals surface area contributed by atoms with Crippen molar-refractivity contribution in [3.63, 3.8) is 0 Å². The number of non-ortho nitro benzene ring substituents is 1. The summed E-state index contributed by atoms with van der Waals surface area (Å²) in [6.07, 6.45) is 0.539. The van der Waals surface area contributed by atoms with Gasteiger partial charge in [0.05, 0.1) is 28.7 Å². The highest BCUT2D eigenvalue weighted by Crippen LogP contribution is 2.34. The van der Waals surface area contributed by atoms with E-state index in [1.807, 2.05) is 11.4 Å². The van der Waals surface area contributed by atoms with Crippen molar-refractivity contribution in [1.82, 2.24) is 0 Å². The molecule has 2 aromatic carbocycles. The molecule has 0 saturated carbocycles. The second-order valence-corrected chi connectivity index (χ2v) is 7.84. The van der Waals surface area contributed by atoms with Crippen molar-refractivity contribution in [2.24, 2.45) is 5.92 Å². The molecule has 3 aromatic rings. The molecule has 1 aromatic heterocycles. The highest BCUT2D eigenvalue weighted by Gasteiger charge is 2.30. The number of nitro groups is 1. The fraction of sp³-hybridized carbons (Fsp3) is 0.150. The van der Waals surface area contributed by atoms with Gasteiger partial charge in [-0.25, -0.2) is 0 Å². The van der Waals surface area contributed by atoms with Gasteiger partial charge in [0.15, 0.2) is 5.78 Å². The summed E-state index contributed by atoms with van der Waals surface area (Å²) in [5.41, 5.74) is 2.18. The monoisotopic (exact) mass is 414 g/mol. The Morgan fingerprint density at radius 1 is 1.21 bits per heavy atom. The first-order valence-corrected chi connectivity index (χ1v) is 9.81. The van der Waals surface area contributed by atoms with Gasteiger partial charge in [0.2, 0.25) is 0 Å². The lowest BCUT2D eigenvalue weighted by Crippen LogP contribution is -2.29. The Labute approximate surface area is 169 Å². The summed E-state index contributed by atoms with van der Waals surface area (Å²) in [7, 11) is 0. The number of ether oxygens (including phenoxy) is 1. The van der Waals surface area contributed by atoms with Crippen molar-refractivity contribution in [2.45, 2.75) is 6.42 Å². The molecule has 28 heavy (non-hydrogen) atoms. The van der Waals surface area contributed by atoms with Gasteiger partial charge in [0.1, 0.15) is 5.75 Å². The van der Waals surface area contributed by atoms with Crippen molar-refractivity contribution < 1.29 is 14.5 Å². The van der Waals surface area contributed by atoms with Gasteiger partial charge in [-0.15, -0.1) is 11.3 Å². The maximum Gasteiger partial charge on any atom is 0.269 e. The van der Waals surface area contributed by atoms with Gasteiger partial charge in [-0.1, -0.05) is 11.6 Å². The van der Waals surface area contributed by atoms with Crippen LogP contribution >= 0.6 is 22.9 Å². The average molecular weight is 415 g/mol. The summed E-state index contributed by atoms with van der Waals surface area (Å²) in [6, 6.07) is 13.2. The fourth-order valence-corrected chi connectivity index (χ4v) is 4.20. The number of benzene rings is 2. The van der Waals surface area contributed by atoms with E-state index in [9.17, 15) is 14.9 Å². The minimum atomic E-state index is -0.432. The van der Waals surface area contributed by atoms with E-state index in [0.29, 0.717) is 29.4 Å². The Morgan fingerprint density at radius 3 is 2.75 bits per heavy atom. The quantitative estimate of drug-likeness (QED) is 0.441. The van der Waals surface area contributed by atoms with Gasteiger partial charge in [0, 0.05) is 27.7 Å². The smallest absolute Gasteiger partial charge is 0.269 e. The first-order chi connectivity index (χ1) is 13.5. The molecule has 0 bridgehead atoms. The largest absolute Gasteiger partial charge is 0.492 e. The number of nitrogens with one attached hydrogen (secondary N) is 1. The number of nitro benzene ring substituents is 1. The lowest BCUT2D eigenvalue weighted by atomic mass is 9.91. The number of carbonyl (C=O) groups is 1. The van der Waals surface area contributed by atoms with Crippen LogP contribution in [0.3, 0.4) is 0 Å². The number of hydrogen-bond acceptors (Lipinski definition) is 6. The Bertz CT molecular complexity index is 1050. The number of ketones is 1. The molecule has 1 aliphatic heterocycles. The number of rotatable bonds is 5. The van der Waals surface area contributed by atoms with Crippen LogP contribution in [0, 0.1) is 16.0 Å². The first-order valence-electron chi connectivity index (χ1n) is 8.55.